The van der Waals surface area contributed by atoms with Gasteiger partial charge in [-0.15, -0.1) is 0 Å². The molecular formula is C62H115O11P. The third-order valence-corrected chi connectivity index (χ3v) is 14.5. The highest BCUT2D eigenvalue weighted by Gasteiger charge is 2.28. The van der Waals surface area contributed by atoms with E-state index >= 15 is 0 Å². The molecule has 0 aromatic carbocycles. The molecule has 3 unspecified atom stereocenters. The summed E-state index contributed by atoms with van der Waals surface area (Å²) in [6, 6.07) is 0. The summed E-state index contributed by atoms with van der Waals surface area (Å²) in [5.74, 6) is -1.45. The van der Waals surface area contributed by atoms with Gasteiger partial charge in [0.25, 0.3) is 0 Å². The Labute approximate surface area is 454 Å². The highest BCUT2D eigenvalue weighted by molar-refractivity contribution is 7.47. The van der Waals surface area contributed by atoms with Crippen LogP contribution in [0.2, 0.25) is 0 Å². The Hall–Kier alpha value is -2.30. The van der Waals surface area contributed by atoms with Gasteiger partial charge in [-0.3, -0.25) is 23.4 Å². The van der Waals surface area contributed by atoms with E-state index in [1.165, 1.54) is 167 Å². The van der Waals surface area contributed by atoms with Gasteiger partial charge < -0.3 is 24.2 Å². The predicted octanol–water partition coefficient (Wildman–Crippen LogP) is 18.4. The third-order valence-electron chi connectivity index (χ3n) is 13.5. The average molecular weight is 1070 g/mol. The number of phosphoric ester groups is 1. The minimum atomic E-state index is -4.74. The van der Waals surface area contributed by atoms with Gasteiger partial charge in [0.05, 0.1) is 19.8 Å². The van der Waals surface area contributed by atoms with Gasteiger partial charge in [-0.2, -0.15) is 0 Å². The van der Waals surface area contributed by atoms with Crippen LogP contribution < -0.4 is 0 Å². The number of allylic oxidation sites excluding steroid dienone is 6. The number of phosphoric acid groups is 1. The molecule has 0 radical (unpaired) electrons. The van der Waals surface area contributed by atoms with Crippen molar-refractivity contribution in [3.05, 3.63) is 36.5 Å². The van der Waals surface area contributed by atoms with Gasteiger partial charge in [0, 0.05) is 19.3 Å². The number of rotatable bonds is 58. The predicted molar refractivity (Wildman–Crippen MR) is 307 cm³/mol. The van der Waals surface area contributed by atoms with E-state index in [4.69, 9.17) is 23.3 Å². The van der Waals surface area contributed by atoms with Crippen molar-refractivity contribution < 1.29 is 52.2 Å². The van der Waals surface area contributed by atoms with E-state index in [-0.39, 0.29) is 25.9 Å². The maximum Gasteiger partial charge on any atom is 0.472 e. The van der Waals surface area contributed by atoms with Gasteiger partial charge in [-0.25, -0.2) is 4.57 Å². The first-order valence-corrected chi connectivity index (χ1v) is 32.4. The van der Waals surface area contributed by atoms with E-state index in [9.17, 15) is 28.9 Å². The molecule has 74 heavy (non-hydrogen) atoms. The molecule has 0 aliphatic carbocycles. The van der Waals surface area contributed by atoms with Gasteiger partial charge in [0.15, 0.2) is 6.10 Å². The normalized spacial score (nSPS) is 13.5. The summed E-state index contributed by atoms with van der Waals surface area (Å²) in [6.07, 6.45) is 59.5. The lowest BCUT2D eigenvalue weighted by atomic mass is 10.1. The Balaban J connectivity index is 4.69. The molecule has 0 amide bonds. The molecule has 0 fully saturated rings. The molecule has 0 aromatic rings. The first-order valence-electron chi connectivity index (χ1n) is 30.9. The van der Waals surface area contributed by atoms with Crippen LogP contribution in [0.25, 0.3) is 0 Å². The summed E-state index contributed by atoms with van der Waals surface area (Å²) >= 11 is 0. The van der Waals surface area contributed by atoms with Crippen molar-refractivity contribution in [2.75, 3.05) is 26.4 Å². The van der Waals surface area contributed by atoms with Crippen LogP contribution in [0.4, 0.5) is 0 Å². The van der Waals surface area contributed by atoms with Crippen LogP contribution in [0.15, 0.2) is 36.5 Å². The van der Waals surface area contributed by atoms with Crippen molar-refractivity contribution in [1.29, 1.82) is 0 Å². The smallest absolute Gasteiger partial charge is 0.462 e. The quantitative estimate of drug-likeness (QED) is 0.0197. The van der Waals surface area contributed by atoms with E-state index in [0.717, 1.165) is 77.0 Å². The van der Waals surface area contributed by atoms with Crippen LogP contribution in [-0.4, -0.2) is 66.5 Å². The summed E-state index contributed by atoms with van der Waals surface area (Å²) in [7, 11) is -4.74. The molecule has 434 valence electrons. The first kappa shape index (κ1) is 71.7. The molecule has 0 saturated carbocycles. The topological polar surface area (TPSA) is 155 Å². The first-order chi connectivity index (χ1) is 36.2. The van der Waals surface area contributed by atoms with Crippen molar-refractivity contribution in [3.63, 3.8) is 0 Å². The molecule has 0 spiro atoms. The summed E-state index contributed by atoms with van der Waals surface area (Å²) in [5.41, 5.74) is 0. The van der Waals surface area contributed by atoms with E-state index in [1.54, 1.807) is 0 Å². The van der Waals surface area contributed by atoms with Crippen molar-refractivity contribution in [1.82, 2.24) is 0 Å². The van der Waals surface area contributed by atoms with Gasteiger partial charge in [-0.05, 0) is 77.0 Å². The van der Waals surface area contributed by atoms with Gasteiger partial charge in [-0.1, -0.05) is 243 Å². The van der Waals surface area contributed by atoms with E-state index < -0.39 is 57.8 Å². The second-order valence-corrected chi connectivity index (χ2v) is 22.3. The maximum atomic E-state index is 12.9. The van der Waals surface area contributed by atoms with Crippen molar-refractivity contribution >= 4 is 25.7 Å². The number of ether oxygens (including phenoxy) is 3. The number of aliphatic hydroxyl groups is 1. The fourth-order valence-corrected chi connectivity index (χ4v) is 9.58. The second-order valence-electron chi connectivity index (χ2n) is 20.9. The van der Waals surface area contributed by atoms with Crippen LogP contribution in [0, 0.1) is 0 Å². The molecule has 0 aromatic heterocycles. The lowest BCUT2D eigenvalue weighted by Gasteiger charge is -2.21. The Morgan fingerprint density at radius 3 is 1.04 bits per heavy atom. The number of esters is 3. The Bertz CT molecular complexity index is 1380. The maximum absolute atomic E-state index is 12.9. The lowest BCUT2D eigenvalue weighted by molar-refractivity contribution is -0.161. The highest BCUT2D eigenvalue weighted by atomic mass is 31.2. The molecule has 0 bridgehead atoms. The monoisotopic (exact) mass is 1070 g/mol. The molecule has 0 saturated heterocycles. The van der Waals surface area contributed by atoms with Crippen LogP contribution in [0.1, 0.15) is 303 Å². The highest BCUT2D eigenvalue weighted by Crippen LogP contribution is 2.43. The molecule has 3 atom stereocenters. The molecule has 11 nitrogen and oxygen atoms in total. The van der Waals surface area contributed by atoms with Gasteiger partial charge >= 0.3 is 25.7 Å². The molecule has 2 N–H and O–H groups in total. The van der Waals surface area contributed by atoms with Crippen molar-refractivity contribution in [2.45, 2.75) is 315 Å². The van der Waals surface area contributed by atoms with E-state index in [1.807, 2.05) is 0 Å². The number of unbranched alkanes of at least 4 members (excludes halogenated alkanes) is 35. The fraction of sp³-hybridized carbons (Fsp3) is 0.855. The molecule has 0 rings (SSSR count). The molecule has 0 aliphatic rings. The minimum absolute atomic E-state index is 0.165. The summed E-state index contributed by atoms with van der Waals surface area (Å²) < 4.78 is 39.6. The zero-order valence-corrected chi connectivity index (χ0v) is 49.0. The van der Waals surface area contributed by atoms with Crippen LogP contribution >= 0.6 is 7.82 Å². The average Bonchev–Trinajstić information content (AvgIpc) is 3.39. The van der Waals surface area contributed by atoms with E-state index in [2.05, 4.69) is 57.2 Å². The number of carbonyl (C=O) groups is 3. The second kappa shape index (κ2) is 56.9. The standard InChI is InChI=1S/C62H115O11P/c1-4-7-10-13-16-19-22-24-26-28-29-31-32-34-37-39-42-45-48-51-60(64)69-55-59(73-62(66)53-50-47-44-41-38-35-33-30-27-25-23-20-17-14-11-8-5-2)57-71-74(67,68)70-56-58(54-63)72-61(65)52-49-46-43-40-36-21-18-15-12-9-6-3/h16,19,24-27,58-59,63H,4-15,17-18,20-23,28-57H2,1-3H3,(H,67,68)/b19-16-,26-24-,27-25-. The number of aliphatic hydroxyl groups excluding tert-OH is 1. The van der Waals surface area contributed by atoms with Crippen LogP contribution in [-0.2, 0) is 42.2 Å². The van der Waals surface area contributed by atoms with Crippen LogP contribution in [0.3, 0.4) is 0 Å². The van der Waals surface area contributed by atoms with Crippen molar-refractivity contribution in [3.8, 4) is 0 Å². The number of hydrogen-bond acceptors (Lipinski definition) is 10. The third kappa shape index (κ3) is 54.5. The lowest BCUT2D eigenvalue weighted by Crippen LogP contribution is -2.30. The van der Waals surface area contributed by atoms with Crippen molar-refractivity contribution in [2.24, 2.45) is 0 Å². The molecule has 12 heteroatoms. The summed E-state index contributed by atoms with van der Waals surface area (Å²) in [4.78, 5) is 48.6. The summed E-state index contributed by atoms with van der Waals surface area (Å²) in [5, 5.41) is 9.81. The number of carbonyl (C=O) groups excluding carboxylic acids is 3. The molecule has 0 aliphatic heterocycles. The van der Waals surface area contributed by atoms with Gasteiger partial charge in [0.1, 0.15) is 12.7 Å². The SMILES string of the molecule is CCCCC/C=C\C/C=C\CCCCCCCCCCCC(=O)OCC(COP(=O)(O)OCC(CO)OC(=O)CCCCCCCCCCCCC)OC(=O)CCCCCCCCC/C=C\CCCCCCCC. The zero-order valence-electron chi connectivity index (χ0n) is 48.1. The Kier molecular flexibility index (Phi) is 55.1. The Morgan fingerprint density at radius 1 is 0.378 bits per heavy atom. The summed E-state index contributed by atoms with van der Waals surface area (Å²) in [6.45, 7) is 4.65. The Morgan fingerprint density at radius 2 is 0.662 bits per heavy atom. The molecule has 0 heterocycles. The minimum Gasteiger partial charge on any atom is -0.462 e. The van der Waals surface area contributed by atoms with Crippen LogP contribution in [0.5, 0.6) is 0 Å². The number of hydrogen-bond donors (Lipinski definition) is 2. The molecular weight excluding hydrogens is 952 g/mol. The fourth-order valence-electron chi connectivity index (χ4n) is 8.79. The van der Waals surface area contributed by atoms with Gasteiger partial charge in [0.2, 0.25) is 0 Å². The largest absolute Gasteiger partial charge is 0.472 e. The van der Waals surface area contributed by atoms with E-state index in [0.29, 0.717) is 19.3 Å². The zero-order chi connectivity index (χ0) is 54.1.